The fraction of sp³-hybridized carbons (Fsp3) is 0.647. The molecule has 2 heterocycles. The molecule has 2 aromatic heterocycles. The van der Waals surface area contributed by atoms with Crippen LogP contribution in [0, 0.1) is 16.2 Å². The van der Waals surface area contributed by atoms with Gasteiger partial charge >= 0.3 is 16.5 Å². The van der Waals surface area contributed by atoms with Gasteiger partial charge in [0.25, 0.3) is 0 Å². The Kier molecular flexibility index (Phi) is 16.5. The van der Waals surface area contributed by atoms with Gasteiger partial charge in [-0.1, -0.05) is 162 Å². The van der Waals surface area contributed by atoms with E-state index in [0.29, 0.717) is 47.8 Å². The van der Waals surface area contributed by atoms with Crippen molar-refractivity contribution in [2.45, 2.75) is 268 Å². The first-order valence-electron chi connectivity index (χ1n) is 30.2. The van der Waals surface area contributed by atoms with Gasteiger partial charge in [0, 0.05) is 28.0 Å². The summed E-state index contributed by atoms with van der Waals surface area (Å²) < 4.78 is 43.3. The first-order chi connectivity index (χ1) is 35.8. The average Bonchev–Trinajstić information content (AvgIpc) is 4.34. The van der Waals surface area contributed by atoms with Gasteiger partial charge in [-0.2, -0.15) is 0 Å². The van der Waals surface area contributed by atoms with Gasteiger partial charge in [-0.15, -0.1) is 0 Å². The second kappa shape index (κ2) is 21.9. The molecule has 0 amide bonds. The third-order valence-corrected chi connectivity index (χ3v) is 21.0. The van der Waals surface area contributed by atoms with Crippen LogP contribution in [0.3, 0.4) is 0 Å². The maximum absolute atomic E-state index is 7.31. The van der Waals surface area contributed by atoms with Crippen molar-refractivity contribution in [1.29, 1.82) is 0 Å². The summed E-state index contributed by atoms with van der Waals surface area (Å²) >= 11 is 0. The van der Waals surface area contributed by atoms with Gasteiger partial charge < -0.3 is 16.8 Å². The lowest BCUT2D eigenvalue weighted by molar-refractivity contribution is 0.184. The third kappa shape index (κ3) is 11.9. The standard InChI is InChI=1S/C68H98O6P2/c1-20-24-40(5)46-29-53-52-35-49(41(6)25-21-2)50(42(7)26-22-3)36-61(52)71-75(73-63(53)56(30-46)59-38-67(59,16)17)69-44(9)28-45(10)70-76-72-62-51(43(8)27-23-4)33-48(65(11,12)13)34-55(62)54-31-47(58-37-66(58,14)15)32-57(64(54)74-76)60-39-68(60,18)19/h29-36,40-45,58-60H,20-28,37-39H2,1-19H3/t40?,41?,42?,43?,44-,45-,58?,59?,60?,75?,76?/m1/s1. The number of rotatable bonds is 21. The van der Waals surface area contributed by atoms with Crippen LogP contribution in [0.1, 0.15) is 295 Å². The molecule has 3 fully saturated rings. The maximum atomic E-state index is 7.31. The summed E-state index contributed by atoms with van der Waals surface area (Å²) in [6.07, 6.45) is 12.5. The Balaban J connectivity index is 1.16. The van der Waals surface area contributed by atoms with Gasteiger partial charge in [0.2, 0.25) is 0 Å². The molecule has 8 heteroatoms. The van der Waals surface area contributed by atoms with Crippen molar-refractivity contribution >= 4 is 60.4 Å². The van der Waals surface area contributed by atoms with Crippen molar-refractivity contribution < 1.29 is 25.8 Å². The molecule has 3 saturated carbocycles. The van der Waals surface area contributed by atoms with Crippen molar-refractivity contribution in [3.8, 4) is 0 Å². The number of hydrogen-bond acceptors (Lipinski definition) is 6. The zero-order valence-corrected chi connectivity index (χ0v) is 52.4. The monoisotopic (exact) mass is 1070 g/mol. The quantitative estimate of drug-likeness (QED) is 0.0715. The lowest BCUT2D eigenvalue weighted by atomic mass is 9.82. The predicted octanol–water partition coefficient (Wildman–Crippen LogP) is 23.1. The number of fused-ring (bicyclic) bond motifs is 6. The van der Waals surface area contributed by atoms with Crippen molar-refractivity contribution in [2.75, 3.05) is 0 Å². The molecule has 0 saturated heterocycles. The molecule has 0 N–H and O–H groups in total. The fourth-order valence-electron chi connectivity index (χ4n) is 13.1. The lowest BCUT2D eigenvalue weighted by Gasteiger charge is -2.22. The van der Waals surface area contributed by atoms with Crippen LogP contribution < -0.4 is 9.05 Å². The molecule has 3 aliphatic carbocycles. The molecular formula is C68H98O6P2. The van der Waals surface area contributed by atoms with Crippen LogP contribution in [-0.4, -0.2) is 12.2 Å². The highest BCUT2D eigenvalue weighted by Gasteiger charge is 2.51. The van der Waals surface area contributed by atoms with Gasteiger partial charge in [-0.3, -0.25) is 9.05 Å². The van der Waals surface area contributed by atoms with E-state index < -0.39 is 16.5 Å². The molecule has 9 rings (SSSR count). The minimum atomic E-state index is -1.86. The summed E-state index contributed by atoms with van der Waals surface area (Å²) in [6, 6.07) is 19.6. The van der Waals surface area contributed by atoms with Crippen LogP contribution in [0.5, 0.6) is 0 Å². The van der Waals surface area contributed by atoms with E-state index in [4.69, 9.17) is 25.8 Å². The molecule has 0 aliphatic heterocycles. The van der Waals surface area contributed by atoms with Crippen molar-refractivity contribution in [3.63, 3.8) is 0 Å². The van der Waals surface area contributed by atoms with E-state index >= 15 is 0 Å². The normalized spacial score (nSPS) is 22.4. The molecule has 0 bridgehead atoms. The van der Waals surface area contributed by atoms with E-state index in [0.717, 1.165) is 108 Å². The molecule has 6 aromatic rings. The Morgan fingerprint density at radius 2 is 0.921 bits per heavy atom. The Hall–Kier alpha value is -3.40. The third-order valence-electron chi connectivity index (χ3n) is 18.6. The zero-order valence-electron chi connectivity index (χ0n) is 50.6. The predicted molar refractivity (Wildman–Crippen MR) is 325 cm³/mol. The lowest BCUT2D eigenvalue weighted by Crippen LogP contribution is -2.21. The van der Waals surface area contributed by atoms with E-state index in [2.05, 4.69) is 180 Å². The van der Waals surface area contributed by atoms with E-state index in [1.54, 1.807) is 0 Å². The second-order valence-corrected chi connectivity index (χ2v) is 30.1. The summed E-state index contributed by atoms with van der Waals surface area (Å²) in [7, 11) is -3.71. The van der Waals surface area contributed by atoms with Gasteiger partial charge in [0.05, 0.1) is 12.2 Å². The van der Waals surface area contributed by atoms with Gasteiger partial charge in [0.15, 0.2) is 0 Å². The van der Waals surface area contributed by atoms with Crippen LogP contribution >= 0.6 is 16.5 Å². The second-order valence-electron chi connectivity index (χ2n) is 28.0. The van der Waals surface area contributed by atoms with Crippen LogP contribution in [0.2, 0.25) is 0 Å². The first-order valence-corrected chi connectivity index (χ1v) is 32.4. The molecule has 76 heavy (non-hydrogen) atoms. The summed E-state index contributed by atoms with van der Waals surface area (Å²) in [5.41, 5.74) is 15.2. The molecule has 11 atom stereocenters. The van der Waals surface area contributed by atoms with E-state index in [9.17, 15) is 0 Å². The molecule has 416 valence electrons. The Morgan fingerprint density at radius 1 is 0.487 bits per heavy atom. The van der Waals surface area contributed by atoms with E-state index in [1.807, 2.05) is 0 Å². The van der Waals surface area contributed by atoms with Crippen molar-refractivity contribution in [1.82, 2.24) is 0 Å². The summed E-state index contributed by atoms with van der Waals surface area (Å²) in [5.74, 6) is 2.90. The molecule has 9 unspecified atom stereocenters. The molecular weight excluding hydrogens is 975 g/mol. The number of benzene rings is 4. The minimum Gasteiger partial charge on any atom is -0.399 e. The molecule has 4 aromatic carbocycles. The van der Waals surface area contributed by atoms with Crippen molar-refractivity contribution in [2.24, 2.45) is 16.2 Å². The zero-order chi connectivity index (χ0) is 55.0. The highest BCUT2D eigenvalue weighted by molar-refractivity contribution is 7.32. The topological polar surface area (TPSA) is 71.0 Å². The molecule has 6 nitrogen and oxygen atoms in total. The molecule has 0 radical (unpaired) electrons. The van der Waals surface area contributed by atoms with Crippen LogP contribution in [0.25, 0.3) is 43.9 Å². The highest BCUT2D eigenvalue weighted by Crippen LogP contribution is 2.64. The fourth-order valence-corrected chi connectivity index (χ4v) is 15.5. The van der Waals surface area contributed by atoms with Gasteiger partial charge in [-0.05, 0) is 197 Å². The van der Waals surface area contributed by atoms with Crippen LogP contribution in [-0.2, 0) is 5.41 Å². The largest absolute Gasteiger partial charge is 0.399 e. The maximum Gasteiger partial charge on any atom is 0.387 e. The molecule has 0 spiro atoms. The van der Waals surface area contributed by atoms with Gasteiger partial charge in [0.1, 0.15) is 22.3 Å². The minimum absolute atomic E-state index is 0.0546. The first kappa shape index (κ1) is 57.3. The van der Waals surface area contributed by atoms with E-state index in [1.165, 1.54) is 50.9 Å². The Labute approximate surface area is 460 Å². The van der Waals surface area contributed by atoms with Crippen LogP contribution in [0.15, 0.2) is 65.3 Å². The summed E-state index contributed by atoms with van der Waals surface area (Å²) in [6.45, 7) is 44.5. The van der Waals surface area contributed by atoms with Gasteiger partial charge in [-0.25, -0.2) is 0 Å². The Bertz CT molecular complexity index is 3160. The Morgan fingerprint density at radius 3 is 1.42 bits per heavy atom. The van der Waals surface area contributed by atoms with Crippen LogP contribution in [0.4, 0.5) is 0 Å². The SMILES string of the molecule is CCCC(C)c1cc(C2CC2(C)C)c2op(O[C@H](C)C[C@@H](C)Op3oc4c(C(C)CCC)cc(C(C)(C)C)cc4c4cc(C5CC5(C)C)cc(C5CC5(C)C)c4o3)oc3cc(C(C)CCC)c(C(C)CCC)cc3c2c1. The average molecular weight is 1070 g/mol. The highest BCUT2D eigenvalue weighted by atomic mass is 31.1. The smallest absolute Gasteiger partial charge is 0.387 e. The summed E-state index contributed by atoms with van der Waals surface area (Å²) in [5, 5.41) is 4.59. The van der Waals surface area contributed by atoms with E-state index in [-0.39, 0.29) is 33.9 Å². The van der Waals surface area contributed by atoms with Crippen molar-refractivity contribution in [3.05, 3.63) is 93.0 Å². The number of hydrogen-bond donors (Lipinski definition) is 0. The molecule has 3 aliphatic rings. The summed E-state index contributed by atoms with van der Waals surface area (Å²) in [4.78, 5) is 0.